The van der Waals surface area contributed by atoms with Gasteiger partial charge in [-0.2, -0.15) is 5.10 Å². The average Bonchev–Trinajstić information content (AvgIpc) is 2.75. The Morgan fingerprint density at radius 1 is 1.03 bits per heavy atom. The molecule has 2 aromatic rings. The molecule has 0 saturated heterocycles. The molecular weight excluding hydrogens is 394 g/mol. The molecule has 0 bridgehead atoms. The lowest BCUT2D eigenvalue weighted by Crippen LogP contribution is -2.28. The van der Waals surface area contributed by atoms with Crippen molar-refractivity contribution in [1.29, 1.82) is 0 Å². The summed E-state index contributed by atoms with van der Waals surface area (Å²) in [5, 5.41) is 33.9. The van der Waals surface area contributed by atoms with Crippen LogP contribution in [0.5, 0.6) is 17.2 Å². The van der Waals surface area contributed by atoms with Gasteiger partial charge in [0.15, 0.2) is 0 Å². The standard InChI is InChI=1S/C24H23N3O4/c25-21-12-15(3-7-19(21)22-9-10-24(31)27-26-22)20(11-14-1-4-16(28)5-2-14)18-8-6-17(29)13-23(18)30/h1-2,4-8,12-13,28-30H,3,9-11,25H2,(H,27,31). The molecule has 0 radical (unpaired) electrons. The van der Waals surface area contributed by atoms with Crippen LogP contribution in [0.1, 0.15) is 30.4 Å². The number of hydrogen-bond donors (Lipinski definition) is 5. The minimum atomic E-state index is -0.109. The molecule has 0 aromatic heterocycles. The van der Waals surface area contributed by atoms with Crippen LogP contribution in [0.3, 0.4) is 0 Å². The highest BCUT2D eigenvalue weighted by Crippen LogP contribution is 2.36. The second-order valence-electron chi connectivity index (χ2n) is 7.56. The van der Waals surface area contributed by atoms with Gasteiger partial charge in [-0.15, -0.1) is 0 Å². The molecule has 0 spiro atoms. The van der Waals surface area contributed by atoms with Crippen LogP contribution in [-0.2, 0) is 11.2 Å². The van der Waals surface area contributed by atoms with E-state index in [1.807, 2.05) is 24.3 Å². The molecule has 4 rings (SSSR count). The number of rotatable bonds is 4. The molecule has 7 nitrogen and oxygen atoms in total. The van der Waals surface area contributed by atoms with Gasteiger partial charge in [0.25, 0.3) is 0 Å². The molecule has 0 unspecified atom stereocenters. The summed E-state index contributed by atoms with van der Waals surface area (Å²) in [5.74, 6) is 0.0262. The van der Waals surface area contributed by atoms with Crippen LogP contribution in [0.25, 0.3) is 5.57 Å². The Morgan fingerprint density at radius 3 is 2.42 bits per heavy atom. The number of hydrogen-bond acceptors (Lipinski definition) is 6. The van der Waals surface area contributed by atoms with E-state index in [0.717, 1.165) is 28.0 Å². The zero-order chi connectivity index (χ0) is 22.0. The summed E-state index contributed by atoms with van der Waals surface area (Å²) < 4.78 is 0. The zero-order valence-corrected chi connectivity index (χ0v) is 16.8. The first-order chi connectivity index (χ1) is 14.9. The van der Waals surface area contributed by atoms with Gasteiger partial charge in [0, 0.05) is 35.7 Å². The molecule has 6 N–H and O–H groups in total. The number of amides is 1. The Bertz CT molecular complexity index is 1160. The first kappa shape index (κ1) is 20.3. The Kier molecular flexibility index (Phi) is 5.49. The zero-order valence-electron chi connectivity index (χ0n) is 16.8. The van der Waals surface area contributed by atoms with Crippen molar-refractivity contribution in [2.75, 3.05) is 0 Å². The maximum absolute atomic E-state index is 11.4. The summed E-state index contributed by atoms with van der Waals surface area (Å²) in [7, 11) is 0. The molecule has 158 valence electrons. The van der Waals surface area contributed by atoms with E-state index < -0.39 is 0 Å². The number of carbonyl (C=O) groups excluding carboxylic acids is 1. The number of nitrogens with one attached hydrogen (secondary N) is 1. The molecule has 0 saturated carbocycles. The topological polar surface area (TPSA) is 128 Å². The van der Waals surface area contributed by atoms with Gasteiger partial charge >= 0.3 is 0 Å². The highest BCUT2D eigenvalue weighted by molar-refractivity contribution is 6.07. The number of nitrogens with zero attached hydrogens (tertiary/aromatic N) is 1. The van der Waals surface area contributed by atoms with Crippen LogP contribution in [0.4, 0.5) is 0 Å². The minimum absolute atomic E-state index is 0.0199. The largest absolute Gasteiger partial charge is 0.508 e. The maximum atomic E-state index is 11.4. The highest BCUT2D eigenvalue weighted by atomic mass is 16.3. The molecule has 31 heavy (non-hydrogen) atoms. The number of phenolic OH excluding ortho intramolecular Hbond substituents is 3. The summed E-state index contributed by atoms with van der Waals surface area (Å²) in [6, 6.07) is 11.4. The predicted octanol–water partition coefficient (Wildman–Crippen LogP) is 3.24. The van der Waals surface area contributed by atoms with Crippen LogP contribution in [0.2, 0.25) is 0 Å². The van der Waals surface area contributed by atoms with Crippen molar-refractivity contribution in [2.24, 2.45) is 10.8 Å². The molecule has 7 heteroatoms. The molecule has 0 fully saturated rings. The number of aromatic hydroxyl groups is 3. The average molecular weight is 417 g/mol. The summed E-state index contributed by atoms with van der Waals surface area (Å²) >= 11 is 0. The summed E-state index contributed by atoms with van der Waals surface area (Å²) in [6.07, 6.45) is 5.82. The summed E-state index contributed by atoms with van der Waals surface area (Å²) in [4.78, 5) is 11.4. The first-order valence-electron chi connectivity index (χ1n) is 9.96. The lowest BCUT2D eigenvalue weighted by molar-refractivity contribution is -0.121. The smallest absolute Gasteiger partial charge is 0.240 e. The molecule has 1 aliphatic heterocycles. The molecule has 1 amide bonds. The number of nitrogens with two attached hydrogens (primary N) is 1. The van der Waals surface area contributed by atoms with Gasteiger partial charge < -0.3 is 21.1 Å². The highest BCUT2D eigenvalue weighted by Gasteiger charge is 2.21. The van der Waals surface area contributed by atoms with Crippen LogP contribution < -0.4 is 11.2 Å². The Hall–Kier alpha value is -4.00. The number of allylic oxidation sites excluding steroid dienone is 5. The van der Waals surface area contributed by atoms with E-state index in [1.54, 1.807) is 18.2 Å². The lowest BCUT2D eigenvalue weighted by Gasteiger charge is -2.21. The molecule has 1 aliphatic carbocycles. The molecular formula is C24H23N3O4. The van der Waals surface area contributed by atoms with Gasteiger partial charge in [-0.3, -0.25) is 4.79 Å². The molecule has 0 atom stereocenters. The fourth-order valence-corrected chi connectivity index (χ4v) is 3.79. The van der Waals surface area contributed by atoms with E-state index in [1.165, 1.54) is 12.1 Å². The Balaban J connectivity index is 1.74. The minimum Gasteiger partial charge on any atom is -0.508 e. The van der Waals surface area contributed by atoms with Gasteiger partial charge in [-0.05, 0) is 59.9 Å². The quantitative estimate of drug-likeness (QED) is 0.522. The SMILES string of the molecule is NC1=CC(=C(Cc2ccc(O)cc2)c2ccc(O)cc2O)CC=C1C1=NNC(=O)CC1. The molecule has 1 heterocycles. The van der Waals surface area contributed by atoms with Crippen LogP contribution >= 0.6 is 0 Å². The van der Waals surface area contributed by atoms with E-state index in [2.05, 4.69) is 10.5 Å². The normalized spacial score (nSPS) is 17.9. The molecule has 2 aromatic carbocycles. The van der Waals surface area contributed by atoms with Crippen LogP contribution in [0, 0.1) is 0 Å². The van der Waals surface area contributed by atoms with Crippen LogP contribution in [0.15, 0.2) is 76.6 Å². The monoisotopic (exact) mass is 417 g/mol. The Morgan fingerprint density at radius 2 is 1.77 bits per heavy atom. The summed E-state index contributed by atoms with van der Waals surface area (Å²) in [5.41, 5.74) is 14.3. The number of phenols is 3. The first-order valence-corrected chi connectivity index (χ1v) is 9.96. The van der Waals surface area contributed by atoms with Gasteiger partial charge in [-0.25, -0.2) is 5.43 Å². The van der Waals surface area contributed by atoms with Crippen molar-refractivity contribution in [3.63, 3.8) is 0 Å². The summed E-state index contributed by atoms with van der Waals surface area (Å²) in [6.45, 7) is 0. The van der Waals surface area contributed by atoms with Crippen molar-refractivity contribution in [3.05, 3.63) is 82.6 Å². The van der Waals surface area contributed by atoms with E-state index in [9.17, 15) is 20.1 Å². The third-order valence-electron chi connectivity index (χ3n) is 5.39. The van der Waals surface area contributed by atoms with Crippen molar-refractivity contribution < 1.29 is 20.1 Å². The van der Waals surface area contributed by atoms with Crippen molar-refractivity contribution >= 4 is 17.2 Å². The van der Waals surface area contributed by atoms with E-state index in [0.29, 0.717) is 36.9 Å². The van der Waals surface area contributed by atoms with Crippen molar-refractivity contribution in [1.82, 2.24) is 5.43 Å². The van der Waals surface area contributed by atoms with Crippen molar-refractivity contribution in [3.8, 4) is 17.2 Å². The van der Waals surface area contributed by atoms with Gasteiger partial charge in [0.1, 0.15) is 17.2 Å². The fourth-order valence-electron chi connectivity index (χ4n) is 3.79. The molecule has 2 aliphatic rings. The van der Waals surface area contributed by atoms with Gasteiger partial charge in [-0.1, -0.05) is 18.2 Å². The second kappa shape index (κ2) is 8.39. The van der Waals surface area contributed by atoms with Gasteiger partial charge in [0.05, 0.1) is 5.71 Å². The lowest BCUT2D eigenvalue weighted by atomic mass is 9.86. The van der Waals surface area contributed by atoms with E-state index >= 15 is 0 Å². The fraction of sp³-hybridized carbons (Fsp3) is 0.167. The van der Waals surface area contributed by atoms with E-state index in [-0.39, 0.29) is 23.2 Å². The third kappa shape index (κ3) is 4.45. The maximum Gasteiger partial charge on any atom is 0.240 e. The van der Waals surface area contributed by atoms with Crippen LogP contribution in [-0.4, -0.2) is 26.9 Å². The van der Waals surface area contributed by atoms with Crippen molar-refractivity contribution in [2.45, 2.75) is 25.7 Å². The predicted molar refractivity (Wildman–Crippen MR) is 118 cm³/mol. The number of carbonyl (C=O) groups is 1. The van der Waals surface area contributed by atoms with E-state index in [4.69, 9.17) is 5.73 Å². The third-order valence-corrected chi connectivity index (χ3v) is 5.39. The van der Waals surface area contributed by atoms with Gasteiger partial charge in [0.2, 0.25) is 5.91 Å². The number of benzene rings is 2. The number of hydrazone groups is 1. The Labute approximate surface area is 179 Å². The second-order valence-corrected chi connectivity index (χ2v) is 7.56.